The third-order valence-corrected chi connectivity index (χ3v) is 6.56. The molecule has 4 rings (SSSR count). The molecule has 2 aliphatic heterocycles. The van der Waals surface area contributed by atoms with Gasteiger partial charge in [0.2, 0.25) is 0 Å². The van der Waals surface area contributed by atoms with Gasteiger partial charge in [0.25, 0.3) is 11.8 Å². The van der Waals surface area contributed by atoms with E-state index in [2.05, 4.69) is 0 Å². The Labute approximate surface area is 185 Å². The molecule has 2 heterocycles. The van der Waals surface area contributed by atoms with Crippen LogP contribution in [-0.4, -0.2) is 42.9 Å². The fourth-order valence-corrected chi connectivity index (χ4v) is 4.88. The van der Waals surface area contributed by atoms with Gasteiger partial charge in [-0.05, 0) is 50.5 Å². The second-order valence-electron chi connectivity index (χ2n) is 7.59. The number of carbonyl (C=O) groups excluding carboxylic acids is 3. The summed E-state index contributed by atoms with van der Waals surface area (Å²) in [5, 5.41) is 0. The molecule has 1 saturated heterocycles. The molecule has 160 valence electrons. The van der Waals surface area contributed by atoms with Crippen LogP contribution in [0.5, 0.6) is 0 Å². The number of likely N-dealkylation sites (tertiary alicyclic amines) is 1. The topological polar surface area (TPSA) is 66.9 Å². The fourth-order valence-electron chi connectivity index (χ4n) is 3.88. The predicted octanol–water partition coefficient (Wildman–Crippen LogP) is 4.14. The summed E-state index contributed by atoms with van der Waals surface area (Å²) < 4.78 is 4.87. The number of thioether (sulfide) groups is 1. The average Bonchev–Trinajstić information content (AvgIpc) is 3.04. The van der Waals surface area contributed by atoms with Crippen LogP contribution >= 0.6 is 11.8 Å². The summed E-state index contributed by atoms with van der Waals surface area (Å²) >= 11 is 1.30. The molecule has 6 nitrogen and oxygen atoms in total. The number of methoxy groups -OCH3 is 1. The number of amides is 2. The maximum atomic E-state index is 13.6. The Balaban J connectivity index is 1.77. The van der Waals surface area contributed by atoms with Gasteiger partial charge >= 0.3 is 5.97 Å². The molecular formula is C24H24N2O4S. The van der Waals surface area contributed by atoms with Gasteiger partial charge in [-0.25, -0.2) is 9.69 Å². The minimum Gasteiger partial charge on any atom is -0.465 e. The molecule has 0 saturated carbocycles. The summed E-state index contributed by atoms with van der Waals surface area (Å²) in [7, 11) is 1.28. The van der Waals surface area contributed by atoms with E-state index in [-0.39, 0.29) is 11.3 Å². The minimum atomic E-state index is -0.588. The summed E-state index contributed by atoms with van der Waals surface area (Å²) in [4.78, 5) is 43.8. The first-order valence-electron chi connectivity index (χ1n) is 10.3. The van der Waals surface area contributed by atoms with Crippen molar-refractivity contribution in [2.75, 3.05) is 25.1 Å². The Bertz CT molecular complexity index is 1060. The third-order valence-electron chi connectivity index (χ3n) is 5.48. The molecule has 1 fully saturated rings. The van der Waals surface area contributed by atoms with Crippen molar-refractivity contribution in [3.63, 3.8) is 0 Å². The number of imide groups is 1. The highest BCUT2D eigenvalue weighted by molar-refractivity contribution is 8.04. The Morgan fingerprint density at radius 2 is 1.61 bits per heavy atom. The van der Waals surface area contributed by atoms with Crippen molar-refractivity contribution in [2.24, 2.45) is 0 Å². The summed E-state index contributed by atoms with van der Waals surface area (Å²) in [6, 6.07) is 14.4. The highest BCUT2D eigenvalue weighted by Crippen LogP contribution is 2.40. The zero-order chi connectivity index (χ0) is 22.0. The van der Waals surface area contributed by atoms with Crippen LogP contribution in [0, 0.1) is 6.92 Å². The predicted molar refractivity (Wildman–Crippen MR) is 120 cm³/mol. The highest BCUT2D eigenvalue weighted by Gasteiger charge is 2.43. The molecule has 2 aromatic rings. The lowest BCUT2D eigenvalue weighted by atomic mass is 10.1. The van der Waals surface area contributed by atoms with E-state index in [9.17, 15) is 14.4 Å². The van der Waals surface area contributed by atoms with Gasteiger partial charge in [-0.3, -0.25) is 9.59 Å². The van der Waals surface area contributed by atoms with Crippen LogP contribution < -0.4 is 4.90 Å². The van der Waals surface area contributed by atoms with Gasteiger partial charge in [0, 0.05) is 18.0 Å². The van der Waals surface area contributed by atoms with E-state index in [1.54, 1.807) is 24.3 Å². The molecule has 0 unspecified atom stereocenters. The maximum Gasteiger partial charge on any atom is 0.339 e. The number of esters is 1. The number of piperidine rings is 1. The van der Waals surface area contributed by atoms with Gasteiger partial charge in [-0.2, -0.15) is 0 Å². The largest absolute Gasteiger partial charge is 0.465 e. The quantitative estimate of drug-likeness (QED) is 0.518. The molecule has 0 atom stereocenters. The Kier molecular flexibility index (Phi) is 6.13. The number of hydrogen-bond acceptors (Lipinski definition) is 6. The van der Waals surface area contributed by atoms with Crippen LogP contribution in [0.2, 0.25) is 0 Å². The van der Waals surface area contributed by atoms with E-state index in [0.717, 1.165) is 47.7 Å². The molecule has 0 radical (unpaired) electrons. The SMILES string of the molecule is COC(=O)c1ccccc1N1C(=O)C(Sc2ccc(C)cc2)=C(N2CCCCC2)C1=O. The van der Waals surface area contributed by atoms with Crippen LogP contribution in [0.4, 0.5) is 5.69 Å². The van der Waals surface area contributed by atoms with E-state index in [0.29, 0.717) is 10.6 Å². The minimum absolute atomic E-state index is 0.186. The second kappa shape index (κ2) is 8.98. The normalized spacial score (nSPS) is 16.8. The lowest BCUT2D eigenvalue weighted by Crippen LogP contribution is -2.37. The summed E-state index contributed by atoms with van der Waals surface area (Å²) in [5.41, 5.74) is 1.98. The molecule has 0 aromatic heterocycles. The molecule has 2 aliphatic rings. The number of para-hydroxylation sites is 1. The Morgan fingerprint density at radius 1 is 0.935 bits per heavy atom. The summed E-state index contributed by atoms with van der Waals surface area (Å²) in [6.45, 7) is 3.47. The number of anilines is 1. The van der Waals surface area contributed by atoms with Crippen molar-refractivity contribution in [2.45, 2.75) is 31.1 Å². The van der Waals surface area contributed by atoms with Gasteiger partial charge in [-0.15, -0.1) is 0 Å². The highest BCUT2D eigenvalue weighted by atomic mass is 32.2. The molecule has 0 bridgehead atoms. The molecule has 0 N–H and O–H groups in total. The molecule has 0 aliphatic carbocycles. The first-order chi connectivity index (χ1) is 15.0. The number of aryl methyl sites for hydroxylation is 1. The Morgan fingerprint density at radius 3 is 2.29 bits per heavy atom. The monoisotopic (exact) mass is 436 g/mol. The number of nitrogens with zero attached hydrogens (tertiary/aromatic N) is 2. The smallest absolute Gasteiger partial charge is 0.339 e. The third kappa shape index (κ3) is 4.10. The molecule has 31 heavy (non-hydrogen) atoms. The molecule has 2 aromatic carbocycles. The van der Waals surface area contributed by atoms with E-state index in [4.69, 9.17) is 4.74 Å². The second-order valence-corrected chi connectivity index (χ2v) is 8.68. The molecule has 0 spiro atoms. The van der Waals surface area contributed by atoms with Crippen molar-refractivity contribution in [3.8, 4) is 0 Å². The van der Waals surface area contributed by atoms with Gasteiger partial charge in [-0.1, -0.05) is 41.6 Å². The lowest BCUT2D eigenvalue weighted by Gasteiger charge is -2.29. The van der Waals surface area contributed by atoms with E-state index in [1.165, 1.54) is 18.9 Å². The fraction of sp³-hybridized carbons (Fsp3) is 0.292. The van der Waals surface area contributed by atoms with Crippen molar-refractivity contribution in [3.05, 3.63) is 70.3 Å². The number of hydrogen-bond donors (Lipinski definition) is 0. The standard InChI is InChI=1S/C24H24N2O4S/c1-16-10-12-17(13-11-16)31-21-20(25-14-6-3-7-15-25)22(27)26(23(21)28)19-9-5-4-8-18(19)24(29)30-2/h4-5,8-13H,3,6-7,14-15H2,1-2H3. The summed E-state index contributed by atoms with van der Waals surface area (Å²) in [6.07, 6.45) is 3.07. The van der Waals surface area contributed by atoms with Crippen molar-refractivity contribution in [1.82, 2.24) is 4.90 Å². The van der Waals surface area contributed by atoms with Crippen LogP contribution in [0.3, 0.4) is 0 Å². The van der Waals surface area contributed by atoms with Crippen LogP contribution in [0.25, 0.3) is 0 Å². The van der Waals surface area contributed by atoms with Crippen LogP contribution in [0.1, 0.15) is 35.2 Å². The molecule has 2 amide bonds. The number of benzene rings is 2. The van der Waals surface area contributed by atoms with E-state index in [1.807, 2.05) is 36.1 Å². The van der Waals surface area contributed by atoms with Gasteiger partial charge in [0.05, 0.1) is 18.4 Å². The molecule has 7 heteroatoms. The zero-order valence-corrected chi connectivity index (χ0v) is 18.4. The van der Waals surface area contributed by atoms with E-state index < -0.39 is 17.8 Å². The van der Waals surface area contributed by atoms with Crippen molar-refractivity contribution in [1.29, 1.82) is 0 Å². The van der Waals surface area contributed by atoms with E-state index >= 15 is 0 Å². The first-order valence-corrected chi connectivity index (χ1v) is 11.1. The van der Waals surface area contributed by atoms with Crippen LogP contribution in [0.15, 0.2) is 64.0 Å². The maximum absolute atomic E-state index is 13.6. The van der Waals surface area contributed by atoms with Gasteiger partial charge < -0.3 is 9.64 Å². The van der Waals surface area contributed by atoms with Crippen molar-refractivity contribution >= 4 is 35.2 Å². The van der Waals surface area contributed by atoms with Gasteiger partial charge in [0.1, 0.15) is 10.6 Å². The number of carbonyl (C=O) groups is 3. The average molecular weight is 437 g/mol. The number of ether oxygens (including phenoxy) is 1. The first kappa shape index (κ1) is 21.2. The van der Waals surface area contributed by atoms with Crippen molar-refractivity contribution < 1.29 is 19.1 Å². The summed E-state index contributed by atoms with van der Waals surface area (Å²) in [5.74, 6) is -1.39. The van der Waals surface area contributed by atoms with Gasteiger partial charge in [0.15, 0.2) is 0 Å². The lowest BCUT2D eigenvalue weighted by molar-refractivity contribution is -0.121. The Hall–Kier alpha value is -3.06. The zero-order valence-electron chi connectivity index (χ0n) is 17.6. The molecular weight excluding hydrogens is 412 g/mol. The number of rotatable bonds is 5. The van der Waals surface area contributed by atoms with Crippen LogP contribution in [-0.2, 0) is 14.3 Å².